The van der Waals surface area contributed by atoms with Crippen LogP contribution in [0.15, 0.2) is 22.7 Å². The van der Waals surface area contributed by atoms with E-state index in [-0.39, 0.29) is 16.7 Å². The van der Waals surface area contributed by atoms with Crippen LogP contribution in [-0.2, 0) is 4.74 Å². The topological polar surface area (TPSA) is 84.7 Å². The fourth-order valence-electron chi connectivity index (χ4n) is 2.70. The maximum absolute atomic E-state index is 11.9. The quantitative estimate of drug-likeness (QED) is 0.616. The van der Waals surface area contributed by atoms with Crippen molar-refractivity contribution in [3.8, 4) is 0 Å². The first-order chi connectivity index (χ1) is 11.2. The zero-order chi connectivity index (χ0) is 17.9. The molecule has 1 saturated heterocycles. The molecule has 1 heterocycles. The number of nitro benzene ring substituents is 1. The van der Waals surface area contributed by atoms with E-state index in [2.05, 4.69) is 21.2 Å². The molecule has 0 aliphatic carbocycles. The summed E-state index contributed by atoms with van der Waals surface area (Å²) in [7, 11) is 0. The van der Waals surface area contributed by atoms with Crippen molar-refractivity contribution in [2.24, 2.45) is 0 Å². The Morgan fingerprint density at radius 2 is 2.17 bits per heavy atom. The first-order valence-corrected chi connectivity index (χ1v) is 8.63. The number of piperidine rings is 1. The second kappa shape index (κ2) is 7.38. The first kappa shape index (κ1) is 18.5. The lowest BCUT2D eigenvalue weighted by atomic mass is 10.0. The van der Waals surface area contributed by atoms with Gasteiger partial charge in [-0.1, -0.05) is 15.9 Å². The van der Waals surface area contributed by atoms with Crippen LogP contribution in [0.2, 0.25) is 0 Å². The number of carbonyl (C=O) groups excluding carboxylic acids is 1. The Morgan fingerprint density at radius 1 is 1.46 bits per heavy atom. The van der Waals surface area contributed by atoms with E-state index in [1.807, 2.05) is 25.7 Å². The van der Waals surface area contributed by atoms with Crippen LogP contribution in [0.1, 0.15) is 33.6 Å². The average Bonchev–Trinajstić information content (AvgIpc) is 2.45. The van der Waals surface area contributed by atoms with E-state index in [0.29, 0.717) is 16.7 Å². The fourth-order valence-corrected chi connectivity index (χ4v) is 3.05. The van der Waals surface area contributed by atoms with Gasteiger partial charge in [-0.25, -0.2) is 4.79 Å². The van der Waals surface area contributed by atoms with Gasteiger partial charge in [0.25, 0.3) is 5.69 Å². The van der Waals surface area contributed by atoms with Crippen molar-refractivity contribution in [1.82, 2.24) is 5.32 Å². The number of rotatable bonds is 3. The van der Waals surface area contributed by atoms with Gasteiger partial charge < -0.3 is 15.0 Å². The largest absolute Gasteiger partial charge is 0.444 e. The van der Waals surface area contributed by atoms with E-state index in [0.717, 1.165) is 19.4 Å². The highest BCUT2D eigenvalue weighted by atomic mass is 79.9. The summed E-state index contributed by atoms with van der Waals surface area (Å²) >= 11 is 3.26. The smallest absolute Gasteiger partial charge is 0.407 e. The highest BCUT2D eigenvalue weighted by Gasteiger charge is 2.27. The van der Waals surface area contributed by atoms with Gasteiger partial charge in [0.05, 0.1) is 4.92 Å². The van der Waals surface area contributed by atoms with Gasteiger partial charge in [-0.3, -0.25) is 10.1 Å². The SMILES string of the molecule is CC(C)(C)OC(=O)NC1CCCN(c2ccc(Br)cc2[N+](=O)[O-])C1. The van der Waals surface area contributed by atoms with Crippen LogP contribution in [0.5, 0.6) is 0 Å². The molecule has 24 heavy (non-hydrogen) atoms. The highest BCUT2D eigenvalue weighted by Crippen LogP contribution is 2.32. The maximum Gasteiger partial charge on any atom is 0.407 e. The molecule has 2 rings (SSSR count). The number of amides is 1. The average molecular weight is 400 g/mol. The van der Waals surface area contributed by atoms with Crippen LogP contribution in [0.25, 0.3) is 0 Å². The molecule has 1 aromatic rings. The number of halogens is 1. The van der Waals surface area contributed by atoms with Crippen molar-refractivity contribution in [3.63, 3.8) is 0 Å². The second-order valence-corrected chi connectivity index (χ2v) is 7.74. The number of alkyl carbamates (subject to hydrolysis) is 1. The Morgan fingerprint density at radius 3 is 2.79 bits per heavy atom. The van der Waals surface area contributed by atoms with Crippen LogP contribution >= 0.6 is 15.9 Å². The third-order valence-corrected chi connectivity index (χ3v) is 4.11. The van der Waals surface area contributed by atoms with Crippen molar-refractivity contribution in [2.45, 2.75) is 45.3 Å². The van der Waals surface area contributed by atoms with Crippen molar-refractivity contribution in [1.29, 1.82) is 0 Å². The lowest BCUT2D eigenvalue weighted by molar-refractivity contribution is -0.384. The van der Waals surface area contributed by atoms with Crippen LogP contribution < -0.4 is 10.2 Å². The molecule has 8 heteroatoms. The highest BCUT2D eigenvalue weighted by molar-refractivity contribution is 9.10. The van der Waals surface area contributed by atoms with Crippen molar-refractivity contribution in [3.05, 3.63) is 32.8 Å². The van der Waals surface area contributed by atoms with E-state index in [9.17, 15) is 14.9 Å². The Bertz CT molecular complexity index is 630. The summed E-state index contributed by atoms with van der Waals surface area (Å²) in [4.78, 5) is 24.8. The standard InChI is InChI=1S/C16H22BrN3O4/c1-16(2,3)24-15(21)18-12-5-4-8-19(10-12)13-7-6-11(17)9-14(13)20(22)23/h6-7,9,12H,4-5,8,10H2,1-3H3,(H,18,21). The van der Waals surface area contributed by atoms with E-state index < -0.39 is 11.7 Å². The summed E-state index contributed by atoms with van der Waals surface area (Å²) in [6, 6.07) is 4.92. The molecule has 1 amide bonds. The van der Waals surface area contributed by atoms with Gasteiger partial charge in [0.2, 0.25) is 0 Å². The molecule has 1 atom stereocenters. The number of nitro groups is 1. The van der Waals surface area contributed by atoms with E-state index in [1.54, 1.807) is 12.1 Å². The summed E-state index contributed by atoms with van der Waals surface area (Å²) in [5.41, 5.74) is 0.0734. The Hall–Kier alpha value is -1.83. The molecule has 0 bridgehead atoms. The van der Waals surface area contributed by atoms with Gasteiger partial charge in [-0.05, 0) is 45.7 Å². The van der Waals surface area contributed by atoms with E-state index >= 15 is 0 Å². The third-order valence-electron chi connectivity index (χ3n) is 3.62. The van der Waals surface area contributed by atoms with Gasteiger partial charge in [-0.15, -0.1) is 0 Å². The fraction of sp³-hybridized carbons (Fsp3) is 0.562. The summed E-state index contributed by atoms with van der Waals surface area (Å²) in [5.74, 6) is 0. The zero-order valence-electron chi connectivity index (χ0n) is 14.0. The van der Waals surface area contributed by atoms with E-state index in [4.69, 9.17) is 4.74 Å². The molecule has 1 aromatic carbocycles. The molecule has 1 unspecified atom stereocenters. The first-order valence-electron chi connectivity index (χ1n) is 7.84. The van der Waals surface area contributed by atoms with Crippen LogP contribution in [0, 0.1) is 10.1 Å². The number of benzene rings is 1. The minimum atomic E-state index is -0.553. The van der Waals surface area contributed by atoms with Gasteiger partial charge in [0.1, 0.15) is 11.3 Å². The molecule has 1 aliphatic rings. The second-order valence-electron chi connectivity index (χ2n) is 6.82. The molecule has 0 radical (unpaired) electrons. The van der Waals surface area contributed by atoms with Gasteiger partial charge in [0, 0.05) is 29.7 Å². The lowest BCUT2D eigenvalue weighted by Crippen LogP contribution is -2.49. The van der Waals surface area contributed by atoms with Crippen molar-refractivity contribution < 1.29 is 14.5 Å². The summed E-state index contributed by atoms with van der Waals surface area (Å²) in [5, 5.41) is 14.2. The normalized spacial score (nSPS) is 18.2. The molecule has 0 aromatic heterocycles. The summed E-state index contributed by atoms with van der Waals surface area (Å²) < 4.78 is 5.94. The Kier molecular flexibility index (Phi) is 5.69. The molecule has 0 spiro atoms. The van der Waals surface area contributed by atoms with Crippen molar-refractivity contribution >= 4 is 33.4 Å². The number of carbonyl (C=O) groups is 1. The summed E-state index contributed by atoms with van der Waals surface area (Å²) in [6.07, 6.45) is 1.20. The zero-order valence-corrected chi connectivity index (χ0v) is 15.6. The van der Waals surface area contributed by atoms with Crippen LogP contribution in [-0.4, -0.2) is 35.7 Å². The number of hydrogen-bond donors (Lipinski definition) is 1. The van der Waals surface area contributed by atoms with Crippen LogP contribution in [0.4, 0.5) is 16.2 Å². The Balaban J connectivity index is 2.08. The number of ether oxygens (including phenoxy) is 1. The summed E-state index contributed by atoms with van der Waals surface area (Å²) in [6.45, 7) is 6.66. The Labute approximate surface area is 149 Å². The lowest BCUT2D eigenvalue weighted by Gasteiger charge is -2.34. The predicted octanol–water partition coefficient (Wildman–Crippen LogP) is 3.85. The van der Waals surface area contributed by atoms with Gasteiger partial charge in [0.15, 0.2) is 0 Å². The molecule has 1 aliphatic heterocycles. The molecular weight excluding hydrogens is 378 g/mol. The number of nitrogens with zero attached hydrogens (tertiary/aromatic N) is 2. The molecule has 1 N–H and O–H groups in total. The van der Waals surface area contributed by atoms with Crippen LogP contribution in [0.3, 0.4) is 0 Å². The van der Waals surface area contributed by atoms with Crippen molar-refractivity contribution in [2.75, 3.05) is 18.0 Å². The number of nitrogens with one attached hydrogen (secondary N) is 1. The minimum absolute atomic E-state index is 0.0577. The molecule has 1 fully saturated rings. The van der Waals surface area contributed by atoms with Gasteiger partial charge >= 0.3 is 6.09 Å². The molecule has 7 nitrogen and oxygen atoms in total. The number of anilines is 1. The third kappa shape index (κ3) is 5.09. The number of hydrogen-bond acceptors (Lipinski definition) is 5. The molecule has 132 valence electrons. The maximum atomic E-state index is 11.9. The van der Waals surface area contributed by atoms with E-state index in [1.165, 1.54) is 6.07 Å². The monoisotopic (exact) mass is 399 g/mol. The van der Waals surface area contributed by atoms with Gasteiger partial charge in [-0.2, -0.15) is 0 Å². The molecular formula is C16H22BrN3O4. The molecule has 0 saturated carbocycles. The predicted molar refractivity (Wildman–Crippen MR) is 95.4 cm³/mol. The minimum Gasteiger partial charge on any atom is -0.444 e.